The van der Waals surface area contributed by atoms with Crippen molar-refractivity contribution in [3.05, 3.63) is 0 Å². The van der Waals surface area contributed by atoms with Crippen molar-refractivity contribution < 1.29 is 9.53 Å². The van der Waals surface area contributed by atoms with Crippen molar-refractivity contribution in [1.82, 2.24) is 0 Å². The zero-order chi connectivity index (χ0) is 7.28. The van der Waals surface area contributed by atoms with Gasteiger partial charge in [-0.05, 0) is 12.8 Å². The van der Waals surface area contributed by atoms with Crippen molar-refractivity contribution in [3.8, 4) is 0 Å². The summed E-state index contributed by atoms with van der Waals surface area (Å²) < 4.78 is 4.85. The zero-order valence-corrected chi connectivity index (χ0v) is 6.31. The van der Waals surface area contributed by atoms with Crippen molar-refractivity contribution in [2.24, 2.45) is 5.92 Å². The normalized spacial score (nSPS) is 13.2. The van der Waals surface area contributed by atoms with Gasteiger partial charge >= 0.3 is 0 Å². The Labute approximate surface area is 56.2 Å². The van der Waals surface area contributed by atoms with E-state index in [-0.39, 0.29) is 5.78 Å². The fourth-order valence-corrected chi connectivity index (χ4v) is 0.834. The fourth-order valence-electron chi connectivity index (χ4n) is 0.834. The van der Waals surface area contributed by atoms with Gasteiger partial charge in [0.2, 0.25) is 0 Å². The largest absolute Gasteiger partial charge is 0.384 e. The van der Waals surface area contributed by atoms with E-state index in [1.165, 1.54) is 0 Å². The number of rotatable bonds is 4. The van der Waals surface area contributed by atoms with E-state index in [4.69, 9.17) is 4.74 Å². The summed E-state index contributed by atoms with van der Waals surface area (Å²) in [5.74, 6) is 0.604. The Morgan fingerprint density at radius 3 is 2.56 bits per heavy atom. The van der Waals surface area contributed by atoms with Gasteiger partial charge in [0.15, 0.2) is 0 Å². The van der Waals surface area contributed by atoms with Gasteiger partial charge in [0.25, 0.3) is 0 Å². The molecule has 0 rings (SSSR count). The van der Waals surface area contributed by atoms with E-state index >= 15 is 0 Å². The number of hydrogen-bond acceptors (Lipinski definition) is 2. The molecule has 0 spiro atoms. The molecule has 9 heavy (non-hydrogen) atoms. The number of ketones is 1. The average Bonchev–Trinajstić information content (AvgIpc) is 1.63. The lowest BCUT2D eigenvalue weighted by Crippen LogP contribution is -2.07. The second-order valence-electron chi connectivity index (χ2n) is 2.47. The Bertz CT molecular complexity index is 88.9. The van der Waals surface area contributed by atoms with Crippen LogP contribution in [-0.4, -0.2) is 19.5 Å². The number of Topliss-reactive ketones (excluding diaryl/α,β-unsaturated/α-hetero) is 1. The third-order valence-corrected chi connectivity index (χ3v) is 1.09. The van der Waals surface area contributed by atoms with Crippen LogP contribution >= 0.6 is 0 Å². The van der Waals surface area contributed by atoms with E-state index in [1.807, 2.05) is 6.92 Å². The van der Waals surface area contributed by atoms with Crippen LogP contribution in [-0.2, 0) is 9.53 Å². The molecule has 2 heteroatoms. The van der Waals surface area contributed by atoms with Gasteiger partial charge in [-0.1, -0.05) is 6.92 Å². The molecule has 0 aliphatic carbocycles. The van der Waals surface area contributed by atoms with Gasteiger partial charge in [-0.25, -0.2) is 0 Å². The number of ether oxygens (including phenoxy) is 1. The Balaban J connectivity index is 3.26. The maximum Gasteiger partial charge on any atom is 0.130 e. The predicted molar refractivity (Wildman–Crippen MR) is 36.3 cm³/mol. The highest BCUT2D eigenvalue weighted by atomic mass is 16.5. The van der Waals surface area contributed by atoms with Crippen LogP contribution in [0.4, 0.5) is 0 Å². The SMILES string of the molecule is COCC(C)CC(C)=O. The van der Waals surface area contributed by atoms with Crippen LogP contribution < -0.4 is 0 Å². The third-order valence-electron chi connectivity index (χ3n) is 1.09. The van der Waals surface area contributed by atoms with Crippen LogP contribution in [0.3, 0.4) is 0 Å². The van der Waals surface area contributed by atoms with Crippen LogP contribution in [0.2, 0.25) is 0 Å². The molecule has 0 aromatic heterocycles. The highest BCUT2D eigenvalue weighted by Crippen LogP contribution is 2.01. The second kappa shape index (κ2) is 4.50. The van der Waals surface area contributed by atoms with E-state index in [2.05, 4.69) is 0 Å². The van der Waals surface area contributed by atoms with Gasteiger partial charge in [-0.3, -0.25) is 0 Å². The first kappa shape index (κ1) is 8.63. The second-order valence-corrected chi connectivity index (χ2v) is 2.47. The summed E-state index contributed by atoms with van der Waals surface area (Å²) in [6.07, 6.45) is 0.633. The molecule has 0 N–H and O–H groups in total. The number of carbonyl (C=O) groups excluding carboxylic acids is 1. The van der Waals surface area contributed by atoms with Gasteiger partial charge in [-0.15, -0.1) is 0 Å². The van der Waals surface area contributed by atoms with Crippen LogP contribution in [0.1, 0.15) is 20.3 Å². The first-order valence-electron chi connectivity index (χ1n) is 3.15. The minimum atomic E-state index is 0.236. The summed E-state index contributed by atoms with van der Waals surface area (Å²) in [5.41, 5.74) is 0. The number of hydrogen-bond donors (Lipinski definition) is 0. The van der Waals surface area contributed by atoms with Crippen LogP contribution in [0.15, 0.2) is 0 Å². The first-order valence-corrected chi connectivity index (χ1v) is 3.15. The molecule has 0 saturated heterocycles. The molecule has 54 valence electrons. The predicted octanol–water partition coefficient (Wildman–Crippen LogP) is 1.25. The first-order chi connectivity index (χ1) is 4.16. The minimum Gasteiger partial charge on any atom is -0.384 e. The van der Waals surface area contributed by atoms with E-state index in [0.717, 1.165) is 0 Å². The summed E-state index contributed by atoms with van der Waals surface area (Å²) in [4.78, 5) is 10.5. The molecule has 0 amide bonds. The van der Waals surface area contributed by atoms with Crippen molar-refractivity contribution >= 4 is 5.78 Å². The summed E-state index contributed by atoms with van der Waals surface area (Å²) in [6, 6.07) is 0. The molecule has 0 bridgehead atoms. The molecule has 0 heterocycles. The molecule has 0 aliphatic heterocycles. The van der Waals surface area contributed by atoms with Crippen molar-refractivity contribution in [1.29, 1.82) is 0 Å². The number of methoxy groups -OCH3 is 1. The van der Waals surface area contributed by atoms with Gasteiger partial charge < -0.3 is 9.53 Å². The minimum absolute atomic E-state index is 0.236. The Kier molecular flexibility index (Phi) is 4.32. The molecule has 1 unspecified atom stereocenters. The van der Waals surface area contributed by atoms with E-state index < -0.39 is 0 Å². The Morgan fingerprint density at radius 1 is 1.67 bits per heavy atom. The van der Waals surface area contributed by atoms with E-state index in [1.54, 1.807) is 14.0 Å². The van der Waals surface area contributed by atoms with E-state index in [9.17, 15) is 4.79 Å². The van der Waals surface area contributed by atoms with Crippen molar-refractivity contribution in [3.63, 3.8) is 0 Å². The molecule has 0 aliphatic rings. The van der Waals surface area contributed by atoms with Crippen LogP contribution in [0.5, 0.6) is 0 Å². The van der Waals surface area contributed by atoms with Gasteiger partial charge in [0.1, 0.15) is 5.78 Å². The molecular weight excluding hydrogens is 116 g/mol. The fraction of sp³-hybridized carbons (Fsp3) is 0.857. The maximum atomic E-state index is 10.5. The summed E-state index contributed by atoms with van der Waals surface area (Å²) in [7, 11) is 1.65. The summed E-state index contributed by atoms with van der Waals surface area (Å²) >= 11 is 0. The summed E-state index contributed by atoms with van der Waals surface area (Å²) in [5, 5.41) is 0. The molecule has 0 aromatic rings. The smallest absolute Gasteiger partial charge is 0.130 e. The quantitative estimate of drug-likeness (QED) is 0.572. The zero-order valence-electron chi connectivity index (χ0n) is 6.31. The lowest BCUT2D eigenvalue weighted by atomic mass is 10.1. The standard InChI is InChI=1S/C7H14O2/c1-6(5-9-3)4-7(2)8/h6H,4-5H2,1-3H3. The molecule has 1 atom stereocenters. The van der Waals surface area contributed by atoms with Crippen LogP contribution in [0.25, 0.3) is 0 Å². The van der Waals surface area contributed by atoms with Crippen molar-refractivity contribution in [2.75, 3.05) is 13.7 Å². The highest BCUT2D eigenvalue weighted by molar-refractivity contribution is 5.75. The topological polar surface area (TPSA) is 26.3 Å². The molecule has 0 radical (unpaired) electrons. The maximum absolute atomic E-state index is 10.5. The third kappa shape index (κ3) is 5.50. The Hall–Kier alpha value is -0.370. The highest BCUT2D eigenvalue weighted by Gasteiger charge is 2.02. The molecule has 2 nitrogen and oxygen atoms in total. The van der Waals surface area contributed by atoms with Crippen molar-refractivity contribution in [2.45, 2.75) is 20.3 Å². The lowest BCUT2D eigenvalue weighted by molar-refractivity contribution is -0.118. The lowest BCUT2D eigenvalue weighted by Gasteiger charge is -2.05. The number of carbonyl (C=O) groups is 1. The average molecular weight is 130 g/mol. The molecule has 0 fully saturated rings. The monoisotopic (exact) mass is 130 g/mol. The Morgan fingerprint density at radius 2 is 2.22 bits per heavy atom. The molecule has 0 saturated carbocycles. The van der Waals surface area contributed by atoms with E-state index in [0.29, 0.717) is 18.9 Å². The van der Waals surface area contributed by atoms with Gasteiger partial charge in [0.05, 0.1) is 0 Å². The molecular formula is C7H14O2. The van der Waals surface area contributed by atoms with Gasteiger partial charge in [0, 0.05) is 20.1 Å². The van der Waals surface area contributed by atoms with Crippen LogP contribution in [0, 0.1) is 5.92 Å². The van der Waals surface area contributed by atoms with Gasteiger partial charge in [-0.2, -0.15) is 0 Å². The summed E-state index contributed by atoms with van der Waals surface area (Å²) in [6.45, 7) is 4.29. The molecule has 0 aromatic carbocycles.